The van der Waals surface area contributed by atoms with Crippen LogP contribution in [0, 0.1) is 12.1 Å². The number of benzene rings is 2. The number of para-hydroxylation sites is 1. The molecule has 0 radical (unpaired) electrons. The van der Waals surface area contributed by atoms with Gasteiger partial charge >= 0.3 is 0 Å². The molecule has 0 aliphatic rings. The Hall–Kier alpha value is -2.09. The molecule has 0 saturated heterocycles. The zero-order valence-electron chi connectivity index (χ0n) is 9.13. The van der Waals surface area contributed by atoms with Crippen LogP contribution in [0.2, 0.25) is 0 Å². The minimum absolute atomic E-state index is 0.642. The van der Waals surface area contributed by atoms with Crippen LogP contribution in [0.3, 0.4) is 0 Å². The van der Waals surface area contributed by atoms with Crippen molar-refractivity contribution in [3.63, 3.8) is 0 Å². The number of aryl methyl sites for hydroxylation is 1. The number of hydrogen-bond acceptors (Lipinski definition) is 1. The van der Waals surface area contributed by atoms with Crippen molar-refractivity contribution in [2.24, 2.45) is 0 Å². The SMILES string of the molecule is Cc1ccc(C=[N+]([O-])c2ccccc2)cc1. The average molecular weight is 211 g/mol. The topological polar surface area (TPSA) is 26.1 Å². The minimum atomic E-state index is 0.642. The molecule has 0 saturated carbocycles. The number of nitrogens with zero attached hydrogens (tertiary/aromatic N) is 1. The minimum Gasteiger partial charge on any atom is -0.618 e. The van der Waals surface area contributed by atoms with Gasteiger partial charge in [-0.3, -0.25) is 0 Å². The van der Waals surface area contributed by atoms with Crippen molar-refractivity contribution >= 4 is 11.9 Å². The van der Waals surface area contributed by atoms with Crippen molar-refractivity contribution < 1.29 is 4.74 Å². The van der Waals surface area contributed by atoms with Crippen molar-refractivity contribution in [1.29, 1.82) is 0 Å². The first-order valence-corrected chi connectivity index (χ1v) is 5.19. The molecule has 0 bridgehead atoms. The second-order valence-electron chi connectivity index (χ2n) is 3.70. The molecule has 0 aliphatic heterocycles. The zero-order valence-corrected chi connectivity index (χ0v) is 9.13. The van der Waals surface area contributed by atoms with Gasteiger partial charge in [-0.2, -0.15) is 4.74 Å². The molecular weight excluding hydrogens is 198 g/mol. The highest BCUT2D eigenvalue weighted by molar-refractivity contribution is 5.76. The molecule has 0 aromatic heterocycles. The van der Waals surface area contributed by atoms with Crippen LogP contribution in [0.5, 0.6) is 0 Å². The second kappa shape index (κ2) is 4.62. The summed E-state index contributed by atoms with van der Waals surface area (Å²) >= 11 is 0. The molecule has 0 N–H and O–H groups in total. The highest BCUT2D eigenvalue weighted by Gasteiger charge is 1.99. The van der Waals surface area contributed by atoms with E-state index in [1.807, 2.05) is 49.4 Å². The zero-order chi connectivity index (χ0) is 11.4. The summed E-state index contributed by atoms with van der Waals surface area (Å²) in [5, 5.41) is 11.8. The summed E-state index contributed by atoms with van der Waals surface area (Å²) in [5.41, 5.74) is 2.74. The first kappa shape index (κ1) is 10.4. The third-order valence-corrected chi connectivity index (χ3v) is 2.35. The van der Waals surface area contributed by atoms with Crippen molar-refractivity contribution in [3.8, 4) is 0 Å². The third-order valence-electron chi connectivity index (χ3n) is 2.35. The van der Waals surface area contributed by atoms with Gasteiger partial charge in [0.25, 0.3) is 0 Å². The molecule has 80 valence electrons. The smallest absolute Gasteiger partial charge is 0.216 e. The van der Waals surface area contributed by atoms with Gasteiger partial charge in [-0.05, 0) is 19.1 Å². The molecule has 2 aromatic rings. The molecular formula is C14H13NO. The summed E-state index contributed by atoms with van der Waals surface area (Å²) < 4.78 is 0.880. The Balaban J connectivity index is 2.28. The van der Waals surface area contributed by atoms with Gasteiger partial charge in [-0.25, -0.2) is 0 Å². The van der Waals surface area contributed by atoms with Crippen LogP contribution in [0.1, 0.15) is 11.1 Å². The standard InChI is InChI=1S/C14H13NO/c1-12-7-9-13(10-8-12)11-15(16)14-5-3-2-4-6-14/h2-11H,1H3. The van der Waals surface area contributed by atoms with E-state index in [2.05, 4.69) is 0 Å². The summed E-state index contributed by atoms with van der Waals surface area (Å²) in [6, 6.07) is 17.0. The van der Waals surface area contributed by atoms with E-state index in [1.54, 1.807) is 18.3 Å². The van der Waals surface area contributed by atoms with E-state index >= 15 is 0 Å². The first-order valence-electron chi connectivity index (χ1n) is 5.19. The lowest BCUT2D eigenvalue weighted by Crippen LogP contribution is -1.98. The Bertz CT molecular complexity index is 486. The molecule has 0 fully saturated rings. The maximum atomic E-state index is 11.8. The van der Waals surface area contributed by atoms with Crippen LogP contribution in [0.4, 0.5) is 5.69 Å². The maximum absolute atomic E-state index is 11.8. The van der Waals surface area contributed by atoms with E-state index in [0.717, 1.165) is 10.3 Å². The maximum Gasteiger partial charge on any atom is 0.216 e. The second-order valence-corrected chi connectivity index (χ2v) is 3.70. The molecule has 2 rings (SSSR count). The molecule has 0 amide bonds. The number of rotatable bonds is 2. The van der Waals surface area contributed by atoms with Crippen molar-refractivity contribution in [1.82, 2.24) is 0 Å². The highest BCUT2D eigenvalue weighted by Crippen LogP contribution is 2.09. The fourth-order valence-corrected chi connectivity index (χ4v) is 1.44. The van der Waals surface area contributed by atoms with Crippen LogP contribution in [0.25, 0.3) is 0 Å². The van der Waals surface area contributed by atoms with Crippen LogP contribution in [0.15, 0.2) is 54.6 Å². The molecule has 16 heavy (non-hydrogen) atoms. The van der Waals surface area contributed by atoms with E-state index in [1.165, 1.54) is 5.56 Å². The molecule has 0 heterocycles. The monoisotopic (exact) mass is 211 g/mol. The first-order chi connectivity index (χ1) is 7.75. The molecule has 0 unspecified atom stereocenters. The van der Waals surface area contributed by atoms with Crippen molar-refractivity contribution in [3.05, 3.63) is 70.9 Å². The lowest BCUT2D eigenvalue weighted by molar-refractivity contribution is -0.354. The molecule has 2 aromatic carbocycles. The Kier molecular flexibility index (Phi) is 3.01. The van der Waals surface area contributed by atoms with Crippen LogP contribution >= 0.6 is 0 Å². The number of hydrogen-bond donors (Lipinski definition) is 0. The molecule has 2 heteroatoms. The van der Waals surface area contributed by atoms with Gasteiger partial charge < -0.3 is 5.21 Å². The van der Waals surface area contributed by atoms with Crippen LogP contribution in [-0.2, 0) is 0 Å². The summed E-state index contributed by atoms with van der Waals surface area (Å²) in [4.78, 5) is 0. The molecule has 0 atom stereocenters. The normalized spacial score (nSPS) is 11.4. The van der Waals surface area contributed by atoms with E-state index in [4.69, 9.17) is 0 Å². The summed E-state index contributed by atoms with van der Waals surface area (Å²) in [5.74, 6) is 0. The Morgan fingerprint density at radius 3 is 2.19 bits per heavy atom. The van der Waals surface area contributed by atoms with E-state index in [9.17, 15) is 5.21 Å². The van der Waals surface area contributed by atoms with Gasteiger partial charge in [0.15, 0.2) is 6.21 Å². The van der Waals surface area contributed by atoms with Crippen LogP contribution in [-0.4, -0.2) is 11.0 Å². The van der Waals surface area contributed by atoms with Gasteiger partial charge in [0.05, 0.1) is 0 Å². The lowest BCUT2D eigenvalue weighted by atomic mass is 10.2. The van der Waals surface area contributed by atoms with E-state index in [-0.39, 0.29) is 0 Å². The Morgan fingerprint density at radius 1 is 0.938 bits per heavy atom. The molecule has 0 aliphatic carbocycles. The van der Waals surface area contributed by atoms with Crippen molar-refractivity contribution in [2.75, 3.05) is 0 Å². The van der Waals surface area contributed by atoms with Crippen LogP contribution < -0.4 is 0 Å². The van der Waals surface area contributed by atoms with E-state index in [0.29, 0.717) is 5.69 Å². The predicted molar refractivity (Wildman–Crippen MR) is 66.1 cm³/mol. The Labute approximate surface area is 95.1 Å². The van der Waals surface area contributed by atoms with Gasteiger partial charge in [0.1, 0.15) is 0 Å². The third kappa shape index (κ3) is 2.48. The predicted octanol–water partition coefficient (Wildman–Crippen LogP) is 3.26. The lowest BCUT2D eigenvalue weighted by Gasteiger charge is -2.02. The van der Waals surface area contributed by atoms with Gasteiger partial charge in [-0.1, -0.05) is 35.9 Å². The Morgan fingerprint density at radius 2 is 1.56 bits per heavy atom. The average Bonchev–Trinajstić information content (AvgIpc) is 2.33. The van der Waals surface area contributed by atoms with Gasteiger partial charge in [-0.15, -0.1) is 0 Å². The molecule has 2 nitrogen and oxygen atoms in total. The molecule has 0 spiro atoms. The fourth-order valence-electron chi connectivity index (χ4n) is 1.44. The van der Waals surface area contributed by atoms with Crippen molar-refractivity contribution in [2.45, 2.75) is 6.92 Å². The highest BCUT2D eigenvalue weighted by atomic mass is 16.5. The van der Waals surface area contributed by atoms with Gasteiger partial charge in [0.2, 0.25) is 5.69 Å². The summed E-state index contributed by atoms with van der Waals surface area (Å²) in [7, 11) is 0. The summed E-state index contributed by atoms with van der Waals surface area (Å²) in [6.07, 6.45) is 1.58. The van der Waals surface area contributed by atoms with E-state index < -0.39 is 0 Å². The quantitative estimate of drug-likeness (QED) is 0.324. The largest absolute Gasteiger partial charge is 0.618 e. The fraction of sp³-hybridized carbons (Fsp3) is 0.0714. The van der Waals surface area contributed by atoms with Gasteiger partial charge in [0, 0.05) is 17.7 Å². The summed E-state index contributed by atoms with van der Waals surface area (Å²) in [6.45, 7) is 2.02.